The van der Waals surface area contributed by atoms with E-state index in [9.17, 15) is 4.79 Å². The van der Waals surface area contributed by atoms with Gasteiger partial charge in [-0.15, -0.1) is 0 Å². The number of carbonyl (C=O) groups is 1. The van der Waals surface area contributed by atoms with Crippen LogP contribution in [0.3, 0.4) is 0 Å². The molecule has 2 N–H and O–H groups in total. The van der Waals surface area contributed by atoms with Crippen molar-refractivity contribution in [1.29, 1.82) is 0 Å². The minimum absolute atomic E-state index is 0.103. The number of hydrogen-bond acceptors (Lipinski definition) is 3. The van der Waals surface area contributed by atoms with Crippen molar-refractivity contribution >= 4 is 5.91 Å². The zero-order valence-electron chi connectivity index (χ0n) is 10.8. The van der Waals surface area contributed by atoms with Gasteiger partial charge in [0.05, 0.1) is 11.6 Å². The first-order valence-electron chi connectivity index (χ1n) is 6.14. The van der Waals surface area contributed by atoms with Crippen LogP contribution in [0.5, 0.6) is 0 Å². The second kappa shape index (κ2) is 5.64. The topological polar surface area (TPSA) is 50.4 Å². The lowest BCUT2D eigenvalue weighted by Crippen LogP contribution is -2.51. The first-order chi connectivity index (χ1) is 7.48. The van der Waals surface area contributed by atoms with Crippen LogP contribution in [0.4, 0.5) is 0 Å². The van der Waals surface area contributed by atoms with Gasteiger partial charge in [0.25, 0.3) is 0 Å². The Morgan fingerprint density at radius 1 is 1.62 bits per heavy atom. The number of ether oxygens (including phenoxy) is 1. The first-order valence-corrected chi connectivity index (χ1v) is 6.14. The van der Waals surface area contributed by atoms with Crippen LogP contribution in [-0.4, -0.2) is 36.7 Å². The van der Waals surface area contributed by atoms with Gasteiger partial charge >= 0.3 is 0 Å². The highest BCUT2D eigenvalue weighted by Crippen LogP contribution is 2.25. The minimum atomic E-state index is -0.191. The van der Waals surface area contributed by atoms with Gasteiger partial charge < -0.3 is 15.4 Å². The van der Waals surface area contributed by atoms with Crippen LogP contribution in [0.25, 0.3) is 0 Å². The van der Waals surface area contributed by atoms with Gasteiger partial charge in [-0.3, -0.25) is 4.79 Å². The summed E-state index contributed by atoms with van der Waals surface area (Å²) in [6, 6.07) is 0.228. The summed E-state index contributed by atoms with van der Waals surface area (Å²) >= 11 is 0. The fourth-order valence-corrected chi connectivity index (χ4v) is 2.07. The molecule has 1 aliphatic rings. The summed E-state index contributed by atoms with van der Waals surface area (Å²) in [5.74, 6) is 0.105. The molecule has 4 heteroatoms. The summed E-state index contributed by atoms with van der Waals surface area (Å²) in [7, 11) is 0. The number of nitrogens with one attached hydrogen (secondary N) is 2. The zero-order chi connectivity index (χ0) is 12.2. The summed E-state index contributed by atoms with van der Waals surface area (Å²) in [5, 5.41) is 6.32. The van der Waals surface area contributed by atoms with Crippen molar-refractivity contribution in [2.45, 2.75) is 58.2 Å². The van der Waals surface area contributed by atoms with Gasteiger partial charge in [0.15, 0.2) is 0 Å². The lowest BCUT2D eigenvalue weighted by atomic mass is 9.94. The molecule has 0 saturated carbocycles. The molecule has 0 aliphatic carbocycles. The minimum Gasteiger partial charge on any atom is -0.376 e. The fraction of sp³-hybridized carbons (Fsp3) is 0.917. The smallest absolute Gasteiger partial charge is 0.222 e. The predicted molar refractivity (Wildman–Crippen MR) is 64.3 cm³/mol. The first kappa shape index (κ1) is 13.5. The maximum atomic E-state index is 11.8. The Balaban J connectivity index is 2.39. The molecular formula is C12H24N2O2. The number of carbonyl (C=O) groups excluding carboxylic acids is 1. The van der Waals surface area contributed by atoms with Crippen molar-refractivity contribution in [1.82, 2.24) is 10.6 Å². The Kier molecular flexibility index (Phi) is 4.74. The molecule has 1 saturated heterocycles. The maximum Gasteiger partial charge on any atom is 0.222 e. The van der Waals surface area contributed by atoms with E-state index in [2.05, 4.69) is 17.6 Å². The van der Waals surface area contributed by atoms with E-state index in [-0.39, 0.29) is 23.6 Å². The Morgan fingerprint density at radius 3 is 2.81 bits per heavy atom. The maximum absolute atomic E-state index is 11.8. The van der Waals surface area contributed by atoms with Gasteiger partial charge in [0.1, 0.15) is 0 Å². The second-order valence-electron chi connectivity index (χ2n) is 4.89. The second-order valence-corrected chi connectivity index (χ2v) is 4.89. The molecule has 0 radical (unpaired) electrons. The third-order valence-electron chi connectivity index (χ3n) is 3.36. The van der Waals surface area contributed by atoms with Crippen LogP contribution in [-0.2, 0) is 9.53 Å². The van der Waals surface area contributed by atoms with Crippen molar-refractivity contribution in [3.8, 4) is 0 Å². The molecule has 0 bridgehead atoms. The molecule has 1 heterocycles. The van der Waals surface area contributed by atoms with Crippen molar-refractivity contribution in [2.24, 2.45) is 0 Å². The third-order valence-corrected chi connectivity index (χ3v) is 3.36. The zero-order valence-corrected chi connectivity index (χ0v) is 10.8. The quantitative estimate of drug-likeness (QED) is 0.739. The van der Waals surface area contributed by atoms with Crippen LogP contribution in [0.2, 0.25) is 0 Å². The van der Waals surface area contributed by atoms with Crippen LogP contribution < -0.4 is 10.6 Å². The summed E-state index contributed by atoms with van der Waals surface area (Å²) in [6.45, 7) is 9.77. The molecule has 1 aliphatic heterocycles. The number of amides is 1. The molecule has 3 atom stereocenters. The molecule has 1 amide bonds. The van der Waals surface area contributed by atoms with Crippen molar-refractivity contribution in [3.63, 3.8) is 0 Å². The highest BCUT2D eigenvalue weighted by atomic mass is 16.5. The molecule has 0 spiro atoms. The van der Waals surface area contributed by atoms with E-state index < -0.39 is 0 Å². The lowest BCUT2D eigenvalue weighted by molar-refractivity contribution is -0.123. The van der Waals surface area contributed by atoms with E-state index in [0.29, 0.717) is 6.42 Å². The highest BCUT2D eigenvalue weighted by Gasteiger charge is 2.38. The molecule has 0 aromatic rings. The Labute approximate surface area is 98.1 Å². The Bertz CT molecular complexity index is 245. The van der Waals surface area contributed by atoms with Gasteiger partial charge in [-0.2, -0.15) is 0 Å². The van der Waals surface area contributed by atoms with E-state index in [1.165, 1.54) is 0 Å². The molecular weight excluding hydrogens is 204 g/mol. The SMILES string of the molecule is CCNC(C)CC(=O)NC1(C)CCOC1C. The largest absolute Gasteiger partial charge is 0.376 e. The highest BCUT2D eigenvalue weighted by molar-refractivity contribution is 5.77. The average molecular weight is 228 g/mol. The van der Waals surface area contributed by atoms with E-state index in [4.69, 9.17) is 4.74 Å². The molecule has 1 rings (SSSR count). The Hall–Kier alpha value is -0.610. The monoisotopic (exact) mass is 228 g/mol. The van der Waals surface area contributed by atoms with Gasteiger partial charge in [-0.25, -0.2) is 0 Å². The van der Waals surface area contributed by atoms with E-state index in [1.54, 1.807) is 0 Å². The van der Waals surface area contributed by atoms with Crippen LogP contribution >= 0.6 is 0 Å². The number of rotatable bonds is 5. The summed E-state index contributed by atoms with van der Waals surface area (Å²) in [5.41, 5.74) is -0.191. The van der Waals surface area contributed by atoms with E-state index >= 15 is 0 Å². The van der Waals surface area contributed by atoms with Crippen LogP contribution in [0, 0.1) is 0 Å². The molecule has 1 fully saturated rings. The van der Waals surface area contributed by atoms with Crippen LogP contribution in [0.15, 0.2) is 0 Å². The van der Waals surface area contributed by atoms with E-state index in [0.717, 1.165) is 19.6 Å². The van der Waals surface area contributed by atoms with Crippen molar-refractivity contribution < 1.29 is 9.53 Å². The van der Waals surface area contributed by atoms with Gasteiger partial charge in [0, 0.05) is 19.1 Å². The molecule has 94 valence electrons. The Morgan fingerprint density at radius 2 is 2.31 bits per heavy atom. The molecule has 0 aromatic carbocycles. The standard InChI is InChI=1S/C12H24N2O2/c1-5-13-9(2)8-11(15)14-12(4)6-7-16-10(12)3/h9-10,13H,5-8H2,1-4H3,(H,14,15). The average Bonchev–Trinajstić information content (AvgIpc) is 2.46. The van der Waals surface area contributed by atoms with Gasteiger partial charge in [0.2, 0.25) is 5.91 Å². The molecule has 0 aromatic heterocycles. The third kappa shape index (κ3) is 3.46. The van der Waals surface area contributed by atoms with Crippen molar-refractivity contribution in [2.75, 3.05) is 13.2 Å². The van der Waals surface area contributed by atoms with Crippen molar-refractivity contribution in [3.05, 3.63) is 0 Å². The van der Waals surface area contributed by atoms with Crippen LogP contribution in [0.1, 0.15) is 40.5 Å². The normalized spacial score (nSPS) is 31.4. The number of hydrogen-bond donors (Lipinski definition) is 2. The summed E-state index contributed by atoms with van der Waals surface area (Å²) in [4.78, 5) is 11.8. The molecule has 3 unspecified atom stereocenters. The molecule has 16 heavy (non-hydrogen) atoms. The van der Waals surface area contributed by atoms with Gasteiger partial charge in [-0.05, 0) is 33.7 Å². The summed E-state index contributed by atoms with van der Waals surface area (Å²) in [6.07, 6.45) is 1.52. The van der Waals surface area contributed by atoms with Gasteiger partial charge in [-0.1, -0.05) is 6.92 Å². The van der Waals surface area contributed by atoms with E-state index in [1.807, 2.05) is 20.8 Å². The fourth-order valence-electron chi connectivity index (χ4n) is 2.07. The predicted octanol–water partition coefficient (Wildman–Crippen LogP) is 1.06. The lowest BCUT2D eigenvalue weighted by Gasteiger charge is -2.29. The molecule has 4 nitrogen and oxygen atoms in total. The summed E-state index contributed by atoms with van der Waals surface area (Å²) < 4.78 is 5.49.